The van der Waals surface area contributed by atoms with Gasteiger partial charge in [-0.25, -0.2) is 17.2 Å². The van der Waals surface area contributed by atoms with Gasteiger partial charge in [0.25, 0.3) is 0 Å². The van der Waals surface area contributed by atoms with E-state index in [4.69, 9.17) is 0 Å². The van der Waals surface area contributed by atoms with Crippen molar-refractivity contribution in [1.29, 1.82) is 0 Å². The monoisotopic (exact) mass is 442 g/mol. The van der Waals surface area contributed by atoms with Gasteiger partial charge in [-0.15, -0.1) is 0 Å². The molecule has 0 bridgehead atoms. The molecule has 0 heterocycles. The number of aryl methyl sites for hydroxylation is 1. The zero-order valence-corrected chi connectivity index (χ0v) is 18.1. The number of nitrogens with zero attached hydrogens (tertiary/aromatic N) is 1. The molecule has 9 heteroatoms. The minimum absolute atomic E-state index is 0.109. The fourth-order valence-corrected chi connectivity index (χ4v) is 4.68. The molecule has 2 aromatic carbocycles. The molecule has 1 amide bonds. The highest BCUT2D eigenvalue weighted by molar-refractivity contribution is 7.98. The standard InChI is InChI=1S/C20H24F2N2O3S2/c1-14-4-6-16(7-5-14)13-28-11-10-23-20(25)15(2)24(29(3,26)27)17-8-9-18(21)19(22)12-17/h4-9,12,15H,10-11,13H2,1-3H3,(H,23,25). The first kappa shape index (κ1) is 23.2. The summed E-state index contributed by atoms with van der Waals surface area (Å²) in [7, 11) is -3.89. The molecule has 0 aliphatic heterocycles. The highest BCUT2D eigenvalue weighted by Gasteiger charge is 2.29. The molecule has 0 spiro atoms. The van der Waals surface area contributed by atoms with Crippen molar-refractivity contribution in [1.82, 2.24) is 5.32 Å². The van der Waals surface area contributed by atoms with Gasteiger partial charge >= 0.3 is 0 Å². The third kappa shape index (κ3) is 6.71. The minimum atomic E-state index is -3.89. The zero-order chi connectivity index (χ0) is 21.6. The number of sulfonamides is 1. The van der Waals surface area contributed by atoms with Gasteiger partial charge in [0.15, 0.2) is 11.6 Å². The van der Waals surface area contributed by atoms with Crippen LogP contribution in [-0.4, -0.2) is 38.9 Å². The number of carbonyl (C=O) groups is 1. The topological polar surface area (TPSA) is 66.5 Å². The van der Waals surface area contributed by atoms with Gasteiger partial charge in [-0.3, -0.25) is 9.10 Å². The molecule has 1 unspecified atom stereocenters. The summed E-state index contributed by atoms with van der Waals surface area (Å²) < 4.78 is 51.8. The lowest BCUT2D eigenvalue weighted by atomic mass is 10.2. The Morgan fingerprint density at radius 3 is 2.38 bits per heavy atom. The summed E-state index contributed by atoms with van der Waals surface area (Å²) in [5, 5.41) is 2.69. The van der Waals surface area contributed by atoms with Gasteiger partial charge in [0.2, 0.25) is 15.9 Å². The van der Waals surface area contributed by atoms with Gasteiger partial charge in [0.1, 0.15) is 6.04 Å². The molecule has 5 nitrogen and oxygen atoms in total. The molecule has 0 aliphatic rings. The van der Waals surface area contributed by atoms with Crippen LogP contribution < -0.4 is 9.62 Å². The molecular weight excluding hydrogens is 418 g/mol. The lowest BCUT2D eigenvalue weighted by molar-refractivity contribution is -0.121. The molecule has 0 aliphatic carbocycles. The highest BCUT2D eigenvalue weighted by atomic mass is 32.2. The van der Waals surface area contributed by atoms with E-state index in [2.05, 4.69) is 17.4 Å². The summed E-state index contributed by atoms with van der Waals surface area (Å²) in [6.45, 7) is 3.78. The average molecular weight is 443 g/mol. The molecule has 1 N–H and O–H groups in total. The van der Waals surface area contributed by atoms with Crippen LogP contribution in [0.15, 0.2) is 42.5 Å². The first-order valence-electron chi connectivity index (χ1n) is 8.95. The second-order valence-corrected chi connectivity index (χ2v) is 9.63. The summed E-state index contributed by atoms with van der Waals surface area (Å²) >= 11 is 1.64. The van der Waals surface area contributed by atoms with Crippen LogP contribution in [0.4, 0.5) is 14.5 Å². The molecule has 2 rings (SSSR count). The maximum atomic E-state index is 13.5. The molecule has 0 saturated carbocycles. The van der Waals surface area contributed by atoms with Crippen LogP contribution in [0.25, 0.3) is 0 Å². The SMILES string of the molecule is Cc1ccc(CSCCNC(=O)C(C)N(c2ccc(F)c(F)c2)S(C)(=O)=O)cc1. The third-order valence-corrected chi connectivity index (χ3v) is 6.45. The number of carbonyl (C=O) groups excluding carboxylic acids is 1. The van der Waals surface area contributed by atoms with E-state index in [9.17, 15) is 22.0 Å². The number of rotatable bonds is 9. The van der Waals surface area contributed by atoms with E-state index < -0.39 is 33.6 Å². The van der Waals surface area contributed by atoms with Crippen LogP contribution in [0.3, 0.4) is 0 Å². The van der Waals surface area contributed by atoms with E-state index in [-0.39, 0.29) is 5.69 Å². The smallest absolute Gasteiger partial charge is 0.243 e. The number of hydrogen-bond donors (Lipinski definition) is 1. The van der Waals surface area contributed by atoms with Crippen LogP contribution in [0, 0.1) is 18.6 Å². The second kappa shape index (κ2) is 10.1. The molecular formula is C20H24F2N2O3S2. The molecule has 0 saturated heterocycles. The number of anilines is 1. The normalized spacial score (nSPS) is 12.4. The van der Waals surface area contributed by atoms with Crippen molar-refractivity contribution in [3.05, 3.63) is 65.2 Å². The van der Waals surface area contributed by atoms with Gasteiger partial charge in [-0.1, -0.05) is 29.8 Å². The van der Waals surface area contributed by atoms with E-state index in [1.165, 1.54) is 18.1 Å². The van der Waals surface area contributed by atoms with Crippen molar-refractivity contribution in [3.63, 3.8) is 0 Å². The zero-order valence-electron chi connectivity index (χ0n) is 16.5. The number of halogens is 2. The Balaban J connectivity index is 1.93. The minimum Gasteiger partial charge on any atom is -0.353 e. The molecule has 2 aromatic rings. The van der Waals surface area contributed by atoms with Crippen molar-refractivity contribution in [2.75, 3.05) is 22.9 Å². The Morgan fingerprint density at radius 1 is 1.14 bits per heavy atom. The van der Waals surface area contributed by atoms with E-state index in [1.54, 1.807) is 11.8 Å². The van der Waals surface area contributed by atoms with Crippen molar-refractivity contribution in [2.45, 2.75) is 25.6 Å². The first-order valence-corrected chi connectivity index (χ1v) is 12.0. The first-order chi connectivity index (χ1) is 13.6. The summed E-state index contributed by atoms with van der Waals surface area (Å²) in [6.07, 6.45) is 0.912. The Bertz CT molecular complexity index is 951. The van der Waals surface area contributed by atoms with E-state index >= 15 is 0 Å². The number of amides is 1. The van der Waals surface area contributed by atoms with Gasteiger partial charge < -0.3 is 5.32 Å². The maximum absolute atomic E-state index is 13.5. The van der Waals surface area contributed by atoms with E-state index in [0.29, 0.717) is 12.3 Å². The maximum Gasteiger partial charge on any atom is 0.243 e. The number of thioether (sulfide) groups is 1. The van der Waals surface area contributed by atoms with Crippen molar-refractivity contribution < 1.29 is 22.0 Å². The highest BCUT2D eigenvalue weighted by Crippen LogP contribution is 2.23. The van der Waals surface area contributed by atoms with E-state index in [0.717, 1.165) is 34.5 Å². The van der Waals surface area contributed by atoms with Crippen LogP contribution in [0.5, 0.6) is 0 Å². The van der Waals surface area contributed by atoms with Gasteiger partial charge in [-0.2, -0.15) is 11.8 Å². The van der Waals surface area contributed by atoms with Gasteiger partial charge in [0.05, 0.1) is 11.9 Å². The van der Waals surface area contributed by atoms with Crippen molar-refractivity contribution in [2.24, 2.45) is 0 Å². The number of nitrogens with one attached hydrogen (secondary N) is 1. The Morgan fingerprint density at radius 2 is 1.79 bits per heavy atom. The predicted octanol–water partition coefficient (Wildman–Crippen LogP) is 3.48. The summed E-state index contributed by atoms with van der Waals surface area (Å²) in [6, 6.07) is 9.78. The Hall–Kier alpha value is -2.13. The third-order valence-electron chi connectivity index (χ3n) is 4.18. The van der Waals surface area contributed by atoms with Gasteiger partial charge in [-0.05, 0) is 31.5 Å². The molecule has 158 valence electrons. The van der Waals surface area contributed by atoms with Crippen LogP contribution in [-0.2, 0) is 20.6 Å². The largest absolute Gasteiger partial charge is 0.353 e. The summed E-state index contributed by atoms with van der Waals surface area (Å²) in [5.41, 5.74) is 2.26. The summed E-state index contributed by atoms with van der Waals surface area (Å²) in [4.78, 5) is 12.4. The lowest BCUT2D eigenvalue weighted by Crippen LogP contribution is -2.48. The average Bonchev–Trinajstić information content (AvgIpc) is 2.64. The van der Waals surface area contributed by atoms with Crippen LogP contribution in [0.1, 0.15) is 18.1 Å². The summed E-state index contributed by atoms with van der Waals surface area (Å²) in [5.74, 6) is -1.34. The predicted molar refractivity (Wildman–Crippen MR) is 113 cm³/mol. The molecule has 29 heavy (non-hydrogen) atoms. The van der Waals surface area contributed by atoms with Gasteiger partial charge in [0, 0.05) is 24.1 Å². The quantitative estimate of drug-likeness (QED) is 0.604. The van der Waals surface area contributed by atoms with Crippen molar-refractivity contribution in [3.8, 4) is 0 Å². The number of benzene rings is 2. The molecule has 0 radical (unpaired) electrons. The lowest BCUT2D eigenvalue weighted by Gasteiger charge is -2.28. The van der Waals surface area contributed by atoms with Crippen molar-refractivity contribution >= 4 is 33.4 Å². The molecule has 0 aromatic heterocycles. The molecule has 1 atom stereocenters. The Kier molecular flexibility index (Phi) is 8.04. The Labute approximate surface area is 174 Å². The van der Waals surface area contributed by atoms with E-state index in [1.807, 2.05) is 19.1 Å². The van der Waals surface area contributed by atoms with Crippen LogP contribution in [0.2, 0.25) is 0 Å². The second-order valence-electron chi connectivity index (χ2n) is 6.66. The fraction of sp³-hybridized carbons (Fsp3) is 0.350. The van der Waals surface area contributed by atoms with Crippen LogP contribution >= 0.6 is 11.8 Å². The number of hydrogen-bond acceptors (Lipinski definition) is 4. The molecule has 0 fully saturated rings. The fourth-order valence-electron chi connectivity index (χ4n) is 2.70.